The third kappa shape index (κ3) is 12.4. The van der Waals surface area contributed by atoms with Crippen LogP contribution in [0.15, 0.2) is 140 Å². The zero-order valence-corrected chi connectivity index (χ0v) is 26.5. The molecule has 4 nitrogen and oxygen atoms in total. The summed E-state index contributed by atoms with van der Waals surface area (Å²) in [6.07, 6.45) is 7.00. The fourth-order valence-corrected chi connectivity index (χ4v) is 5.70. The van der Waals surface area contributed by atoms with Crippen LogP contribution in [0.3, 0.4) is 0 Å². The van der Waals surface area contributed by atoms with Crippen molar-refractivity contribution in [1.82, 2.24) is 9.97 Å². The van der Waals surface area contributed by atoms with Crippen LogP contribution in [0, 0.1) is 20.5 Å². The van der Waals surface area contributed by atoms with Crippen molar-refractivity contribution in [2.45, 2.75) is 13.8 Å². The van der Waals surface area contributed by atoms with Crippen LogP contribution in [0.4, 0.5) is 11.4 Å². The number of aromatic nitrogens is 2. The molecule has 3 heterocycles. The van der Waals surface area contributed by atoms with Crippen molar-refractivity contribution in [2.24, 2.45) is 0 Å². The van der Waals surface area contributed by atoms with Crippen molar-refractivity contribution in [3.8, 4) is 0 Å². The van der Waals surface area contributed by atoms with Gasteiger partial charge in [-0.25, -0.2) is 0 Å². The number of benzene rings is 3. The van der Waals surface area contributed by atoms with E-state index < -0.39 is 13.5 Å². The van der Waals surface area contributed by atoms with Gasteiger partial charge in [0.15, 0.2) is 0 Å². The first-order valence-corrected chi connectivity index (χ1v) is 18.6. The number of anilines is 2. The average molecular weight is 672 g/mol. The summed E-state index contributed by atoms with van der Waals surface area (Å²) in [4.78, 5) is 12.2. The standard InChI is InChI=1S/C17H19N2.C7H6.2C5H5N.2ClH.Ru/c1-14-7-3-5-9-16(14)18-11-12-19(13-18)17-10-6-4-8-15(17)2;1-7-5-3-2-4-6-7;2*1-2-4-6-5-3-1;;;/h3-10,13H,11-12H2,1-2H3;1-6H;2*1-5H;2*1H;/q-1;;;;;;+2/p-2. The van der Waals surface area contributed by atoms with Gasteiger partial charge < -0.3 is 9.80 Å². The molecule has 7 heteroatoms. The summed E-state index contributed by atoms with van der Waals surface area (Å²) in [5, 5.41) is 0. The Morgan fingerprint density at radius 1 is 0.585 bits per heavy atom. The van der Waals surface area contributed by atoms with Crippen LogP contribution in [0.1, 0.15) is 16.7 Å². The van der Waals surface area contributed by atoms with Gasteiger partial charge in [-0.3, -0.25) is 9.97 Å². The van der Waals surface area contributed by atoms with Crippen molar-refractivity contribution in [1.29, 1.82) is 0 Å². The van der Waals surface area contributed by atoms with Gasteiger partial charge in [0.25, 0.3) is 0 Å². The van der Waals surface area contributed by atoms with E-state index in [9.17, 15) is 0 Å². The van der Waals surface area contributed by atoms with Gasteiger partial charge in [0.2, 0.25) is 0 Å². The summed E-state index contributed by atoms with van der Waals surface area (Å²) in [7, 11) is 11.3. The molecule has 214 valence electrons. The second kappa shape index (κ2) is 18.9. The Morgan fingerprint density at radius 3 is 1.32 bits per heavy atom. The number of nitrogens with zero attached hydrogens (tertiary/aromatic N) is 4. The van der Waals surface area contributed by atoms with Crippen LogP contribution in [0.2, 0.25) is 0 Å². The first-order valence-electron chi connectivity index (χ1n) is 13.1. The van der Waals surface area contributed by atoms with Crippen molar-refractivity contribution in [3.05, 3.63) is 163 Å². The minimum absolute atomic E-state index is 1.04. The fourth-order valence-electron chi connectivity index (χ4n) is 3.87. The van der Waals surface area contributed by atoms with E-state index in [0.29, 0.717) is 0 Å². The minimum atomic E-state index is -1.61. The van der Waals surface area contributed by atoms with Gasteiger partial charge in [-0.15, -0.1) is 0 Å². The third-order valence-corrected chi connectivity index (χ3v) is 7.71. The number of pyridine rings is 2. The molecule has 1 aliphatic heterocycles. The smallest absolute Gasteiger partial charge is 0.0267 e. The van der Waals surface area contributed by atoms with Crippen LogP contribution in [0.5, 0.6) is 0 Å². The zero-order valence-electron chi connectivity index (χ0n) is 23.2. The second-order valence-corrected chi connectivity index (χ2v) is 14.6. The first-order chi connectivity index (χ1) is 20.0. The molecule has 0 unspecified atom stereocenters. The Hall–Kier alpha value is -3.37. The molecule has 2 aromatic heterocycles. The molecular formula is C34H35Cl2N4Ru-. The quantitative estimate of drug-likeness (QED) is 0.142. The molecule has 5 aromatic rings. The van der Waals surface area contributed by atoms with Gasteiger partial charge in [-0.2, -0.15) is 6.67 Å². The Balaban J connectivity index is 0.000000174. The fraction of sp³-hybridized carbons (Fsp3) is 0.118. The summed E-state index contributed by atoms with van der Waals surface area (Å²) in [6, 6.07) is 38.4. The molecule has 1 fully saturated rings. The predicted octanol–water partition coefficient (Wildman–Crippen LogP) is 8.68. The SMILES string of the molecule is Cc1ccccc1N1[CH-]N(c2ccccc2C)CC1.[Cl][Ru]([Cl])=[CH]c1ccccc1.c1ccncc1.c1ccncc1. The van der Waals surface area contributed by atoms with Gasteiger partial charge in [0.1, 0.15) is 0 Å². The summed E-state index contributed by atoms with van der Waals surface area (Å²) < 4.78 is 1.92. The second-order valence-electron chi connectivity index (χ2n) is 8.84. The van der Waals surface area contributed by atoms with Gasteiger partial charge in [-0.1, -0.05) is 48.5 Å². The summed E-state index contributed by atoms with van der Waals surface area (Å²) in [5.74, 6) is 0. The molecule has 0 amide bonds. The van der Waals surface area contributed by atoms with E-state index in [4.69, 9.17) is 19.4 Å². The maximum Gasteiger partial charge on any atom is 0.0267 e. The summed E-state index contributed by atoms with van der Waals surface area (Å²) >= 11 is -1.61. The molecule has 1 saturated heterocycles. The van der Waals surface area contributed by atoms with E-state index >= 15 is 0 Å². The van der Waals surface area contributed by atoms with Crippen LogP contribution in [0.25, 0.3) is 0 Å². The average Bonchev–Trinajstić information content (AvgIpc) is 3.50. The van der Waals surface area contributed by atoms with Gasteiger partial charge in [-0.05, 0) is 61.4 Å². The largest absolute Gasteiger partial charge is 0.265 e. The molecule has 1 aliphatic rings. The molecule has 3 aromatic carbocycles. The summed E-state index contributed by atoms with van der Waals surface area (Å²) in [6.45, 7) is 8.64. The van der Waals surface area contributed by atoms with Crippen LogP contribution < -0.4 is 9.80 Å². The molecule has 0 N–H and O–H groups in total. The number of aryl methyl sites for hydroxylation is 2. The first kappa shape index (κ1) is 32.2. The summed E-state index contributed by atoms with van der Waals surface area (Å²) in [5.41, 5.74) is 6.37. The number of hydrogen-bond acceptors (Lipinski definition) is 4. The monoisotopic (exact) mass is 671 g/mol. The Bertz CT molecular complexity index is 1280. The number of hydrogen-bond donors (Lipinski definition) is 0. The number of halogens is 2. The van der Waals surface area contributed by atoms with Crippen LogP contribution in [-0.2, 0) is 13.5 Å². The number of para-hydroxylation sites is 2. The van der Waals surface area contributed by atoms with Gasteiger partial charge >= 0.3 is 73.4 Å². The topological polar surface area (TPSA) is 32.3 Å². The molecule has 0 atom stereocenters. The molecule has 0 bridgehead atoms. The normalized spacial score (nSPS) is 12.0. The maximum absolute atomic E-state index is 5.67. The van der Waals surface area contributed by atoms with E-state index in [-0.39, 0.29) is 0 Å². The van der Waals surface area contributed by atoms with Crippen LogP contribution in [-0.4, -0.2) is 27.7 Å². The molecule has 41 heavy (non-hydrogen) atoms. The van der Waals surface area contributed by atoms with Gasteiger partial charge in [0, 0.05) is 49.3 Å². The van der Waals surface area contributed by atoms with Crippen molar-refractivity contribution in [2.75, 3.05) is 22.9 Å². The molecular weight excluding hydrogens is 636 g/mol. The van der Waals surface area contributed by atoms with E-state index in [1.54, 1.807) is 24.8 Å². The molecule has 0 aliphatic carbocycles. The van der Waals surface area contributed by atoms with E-state index in [0.717, 1.165) is 18.7 Å². The van der Waals surface area contributed by atoms with Gasteiger partial charge in [0.05, 0.1) is 0 Å². The van der Waals surface area contributed by atoms with E-state index in [2.05, 4.69) is 88.8 Å². The van der Waals surface area contributed by atoms with Crippen molar-refractivity contribution >= 4 is 35.4 Å². The molecule has 0 radical (unpaired) electrons. The molecule has 0 saturated carbocycles. The Labute approximate surface area is 257 Å². The van der Waals surface area contributed by atoms with E-state index in [1.165, 1.54) is 22.5 Å². The van der Waals surface area contributed by atoms with Crippen LogP contribution >= 0.6 is 19.4 Å². The molecule has 6 rings (SSSR count). The minimum Gasteiger partial charge on any atom is -0.265 e. The Kier molecular flexibility index (Phi) is 14.8. The van der Waals surface area contributed by atoms with Crippen molar-refractivity contribution in [3.63, 3.8) is 0 Å². The Morgan fingerprint density at radius 2 is 0.976 bits per heavy atom. The van der Waals surface area contributed by atoms with Crippen molar-refractivity contribution < 1.29 is 13.5 Å². The number of rotatable bonds is 3. The maximum atomic E-state index is 5.67. The van der Waals surface area contributed by atoms with E-state index in [1.807, 2.05) is 71.3 Å². The third-order valence-electron chi connectivity index (χ3n) is 5.84. The predicted molar refractivity (Wildman–Crippen MR) is 173 cm³/mol. The molecule has 0 spiro atoms. The zero-order chi connectivity index (χ0) is 29.1.